The zero-order valence-corrected chi connectivity index (χ0v) is 12.6. The molecule has 0 N–H and O–H groups in total. The van der Waals surface area contributed by atoms with Crippen molar-refractivity contribution in [3.63, 3.8) is 0 Å². The van der Waals surface area contributed by atoms with E-state index in [-0.39, 0.29) is 0 Å². The molecule has 1 rings (SSSR count). The first kappa shape index (κ1) is 15.4. The molecule has 1 nitrogen and oxygen atoms in total. The molecule has 2 heteroatoms. The van der Waals surface area contributed by atoms with Gasteiger partial charge in [0.05, 0.1) is 6.61 Å². The summed E-state index contributed by atoms with van der Waals surface area (Å²) in [6, 6.07) is 8.50. The van der Waals surface area contributed by atoms with Gasteiger partial charge < -0.3 is 4.74 Å². The molecule has 102 valence electrons. The Morgan fingerprint density at radius 2 is 1.83 bits per heavy atom. The SMILES string of the molecule is CCCCCCOc1ccc(CC(C)CS)cc1. The average Bonchev–Trinajstić information content (AvgIpc) is 2.40. The van der Waals surface area contributed by atoms with Gasteiger partial charge in [0.15, 0.2) is 0 Å². The van der Waals surface area contributed by atoms with Gasteiger partial charge in [-0.2, -0.15) is 12.6 Å². The molecule has 0 saturated heterocycles. The highest BCUT2D eigenvalue weighted by molar-refractivity contribution is 7.80. The Morgan fingerprint density at radius 3 is 2.44 bits per heavy atom. The van der Waals surface area contributed by atoms with Crippen LogP contribution in [0.2, 0.25) is 0 Å². The van der Waals surface area contributed by atoms with E-state index in [4.69, 9.17) is 4.74 Å². The predicted molar refractivity (Wildman–Crippen MR) is 82.8 cm³/mol. The Balaban J connectivity index is 2.27. The maximum atomic E-state index is 5.72. The van der Waals surface area contributed by atoms with Crippen LogP contribution in [0, 0.1) is 5.92 Å². The Labute approximate surface area is 117 Å². The molecule has 0 heterocycles. The van der Waals surface area contributed by atoms with E-state index in [9.17, 15) is 0 Å². The topological polar surface area (TPSA) is 9.23 Å². The van der Waals surface area contributed by atoms with Crippen LogP contribution in [0.25, 0.3) is 0 Å². The summed E-state index contributed by atoms with van der Waals surface area (Å²) in [6.45, 7) is 5.29. The van der Waals surface area contributed by atoms with Crippen LogP contribution in [0.5, 0.6) is 5.75 Å². The lowest BCUT2D eigenvalue weighted by molar-refractivity contribution is 0.305. The first-order valence-electron chi connectivity index (χ1n) is 7.08. The molecule has 0 spiro atoms. The standard InChI is InChI=1S/C16H26OS/c1-3-4-5-6-11-17-16-9-7-15(8-10-16)12-14(2)13-18/h7-10,14,18H,3-6,11-13H2,1-2H3. The Morgan fingerprint density at radius 1 is 1.11 bits per heavy atom. The van der Waals surface area contributed by atoms with Crippen LogP contribution in [-0.4, -0.2) is 12.4 Å². The van der Waals surface area contributed by atoms with E-state index < -0.39 is 0 Å². The highest BCUT2D eigenvalue weighted by atomic mass is 32.1. The molecule has 0 aliphatic rings. The molecule has 0 saturated carbocycles. The normalized spacial score (nSPS) is 12.4. The van der Waals surface area contributed by atoms with Crippen molar-refractivity contribution in [1.82, 2.24) is 0 Å². The van der Waals surface area contributed by atoms with Crippen molar-refractivity contribution >= 4 is 12.6 Å². The summed E-state index contributed by atoms with van der Waals surface area (Å²) in [5.74, 6) is 2.57. The second kappa shape index (κ2) is 9.32. The lowest BCUT2D eigenvalue weighted by Gasteiger charge is -2.09. The summed E-state index contributed by atoms with van der Waals surface area (Å²) in [5, 5.41) is 0. The molecule has 1 unspecified atom stereocenters. The van der Waals surface area contributed by atoms with Gasteiger partial charge in [0.1, 0.15) is 5.75 Å². The minimum atomic E-state index is 0.633. The van der Waals surface area contributed by atoms with Gasteiger partial charge in [0.25, 0.3) is 0 Å². The van der Waals surface area contributed by atoms with Crippen molar-refractivity contribution in [1.29, 1.82) is 0 Å². The molecule has 0 fully saturated rings. The molecule has 0 aromatic heterocycles. The summed E-state index contributed by atoms with van der Waals surface area (Å²) >= 11 is 4.32. The second-order valence-corrected chi connectivity index (χ2v) is 5.41. The van der Waals surface area contributed by atoms with Crippen LogP contribution < -0.4 is 4.74 Å². The quantitative estimate of drug-likeness (QED) is 0.501. The summed E-state index contributed by atoms with van der Waals surface area (Å²) in [6.07, 6.45) is 6.11. The van der Waals surface area contributed by atoms with Crippen molar-refractivity contribution in [2.24, 2.45) is 5.92 Å². The minimum Gasteiger partial charge on any atom is -0.494 e. The molecule has 0 amide bonds. The highest BCUT2D eigenvalue weighted by Gasteiger charge is 2.01. The van der Waals surface area contributed by atoms with Gasteiger partial charge in [-0.05, 0) is 42.2 Å². The Hall–Kier alpha value is -0.630. The van der Waals surface area contributed by atoms with E-state index in [2.05, 4.69) is 50.7 Å². The summed E-state index contributed by atoms with van der Waals surface area (Å²) < 4.78 is 5.72. The number of ether oxygens (including phenoxy) is 1. The first-order valence-corrected chi connectivity index (χ1v) is 7.72. The van der Waals surface area contributed by atoms with Crippen molar-refractivity contribution in [3.8, 4) is 5.75 Å². The van der Waals surface area contributed by atoms with Gasteiger partial charge in [-0.1, -0.05) is 45.2 Å². The van der Waals surface area contributed by atoms with Crippen molar-refractivity contribution in [2.75, 3.05) is 12.4 Å². The average molecular weight is 266 g/mol. The third-order valence-electron chi connectivity index (χ3n) is 3.09. The molecule has 1 aromatic rings. The van der Waals surface area contributed by atoms with Gasteiger partial charge in [0, 0.05) is 0 Å². The largest absolute Gasteiger partial charge is 0.494 e. The fourth-order valence-electron chi connectivity index (χ4n) is 1.91. The van der Waals surface area contributed by atoms with Crippen molar-refractivity contribution in [3.05, 3.63) is 29.8 Å². The van der Waals surface area contributed by atoms with Crippen LogP contribution in [0.15, 0.2) is 24.3 Å². The molecule has 1 aromatic carbocycles. The van der Waals surface area contributed by atoms with E-state index in [1.807, 2.05) is 0 Å². The number of unbranched alkanes of at least 4 members (excludes halogenated alkanes) is 3. The highest BCUT2D eigenvalue weighted by Crippen LogP contribution is 2.16. The molecule has 0 bridgehead atoms. The van der Waals surface area contributed by atoms with Crippen LogP contribution in [0.4, 0.5) is 0 Å². The minimum absolute atomic E-state index is 0.633. The number of benzene rings is 1. The molecular formula is C16H26OS. The molecule has 1 atom stereocenters. The zero-order chi connectivity index (χ0) is 13.2. The van der Waals surface area contributed by atoms with E-state index in [0.29, 0.717) is 5.92 Å². The molecule has 0 aliphatic carbocycles. The van der Waals surface area contributed by atoms with E-state index >= 15 is 0 Å². The van der Waals surface area contributed by atoms with Gasteiger partial charge in [0.2, 0.25) is 0 Å². The van der Waals surface area contributed by atoms with Crippen LogP contribution >= 0.6 is 12.6 Å². The first-order chi connectivity index (χ1) is 8.76. The second-order valence-electron chi connectivity index (χ2n) is 5.04. The van der Waals surface area contributed by atoms with Crippen LogP contribution in [0.1, 0.15) is 45.1 Å². The lowest BCUT2D eigenvalue weighted by atomic mass is 10.0. The lowest BCUT2D eigenvalue weighted by Crippen LogP contribution is -2.01. The molecular weight excluding hydrogens is 240 g/mol. The maximum absolute atomic E-state index is 5.72. The van der Waals surface area contributed by atoms with Crippen LogP contribution in [0.3, 0.4) is 0 Å². The van der Waals surface area contributed by atoms with Crippen molar-refractivity contribution in [2.45, 2.75) is 46.0 Å². The number of rotatable bonds is 9. The maximum Gasteiger partial charge on any atom is 0.119 e. The van der Waals surface area contributed by atoms with E-state index in [1.165, 1.54) is 24.8 Å². The van der Waals surface area contributed by atoms with E-state index in [1.54, 1.807) is 0 Å². The number of hydrogen-bond acceptors (Lipinski definition) is 2. The Bertz CT molecular complexity index is 307. The van der Waals surface area contributed by atoms with Crippen LogP contribution in [-0.2, 0) is 6.42 Å². The number of hydrogen-bond donors (Lipinski definition) is 1. The molecule has 0 aliphatic heterocycles. The Kier molecular flexibility index (Phi) is 7.99. The fraction of sp³-hybridized carbons (Fsp3) is 0.625. The molecule has 0 radical (unpaired) electrons. The van der Waals surface area contributed by atoms with Gasteiger partial charge in [-0.3, -0.25) is 0 Å². The van der Waals surface area contributed by atoms with Gasteiger partial charge in [-0.15, -0.1) is 0 Å². The van der Waals surface area contributed by atoms with Gasteiger partial charge in [-0.25, -0.2) is 0 Å². The molecule has 18 heavy (non-hydrogen) atoms. The monoisotopic (exact) mass is 266 g/mol. The third-order valence-corrected chi connectivity index (χ3v) is 3.71. The van der Waals surface area contributed by atoms with E-state index in [0.717, 1.165) is 31.0 Å². The third kappa shape index (κ3) is 6.34. The van der Waals surface area contributed by atoms with Crippen molar-refractivity contribution < 1.29 is 4.74 Å². The van der Waals surface area contributed by atoms with Gasteiger partial charge >= 0.3 is 0 Å². The number of thiol groups is 1. The summed E-state index contributed by atoms with van der Waals surface area (Å²) in [4.78, 5) is 0. The smallest absolute Gasteiger partial charge is 0.119 e. The zero-order valence-electron chi connectivity index (χ0n) is 11.7. The summed E-state index contributed by atoms with van der Waals surface area (Å²) in [7, 11) is 0. The predicted octanol–water partition coefficient (Wildman–Crippen LogP) is 4.75. The summed E-state index contributed by atoms with van der Waals surface area (Å²) in [5.41, 5.74) is 1.37. The fourth-order valence-corrected chi connectivity index (χ4v) is 2.04.